The van der Waals surface area contributed by atoms with E-state index in [4.69, 9.17) is 0 Å². The molecular formula is C23H28N2O3S. The first-order chi connectivity index (χ1) is 13.6. The summed E-state index contributed by atoms with van der Waals surface area (Å²) in [6.45, 7) is 8.90. The molecule has 5 nitrogen and oxygen atoms in total. The summed E-state index contributed by atoms with van der Waals surface area (Å²) in [4.78, 5) is 14.7. The second kappa shape index (κ2) is 6.87. The molecule has 2 aromatic rings. The van der Waals surface area contributed by atoms with Crippen molar-refractivity contribution >= 4 is 27.3 Å². The number of carbonyl (C=O) groups excluding carboxylic acids is 1. The van der Waals surface area contributed by atoms with E-state index in [2.05, 4.69) is 32.4 Å². The third-order valence-electron chi connectivity index (χ3n) is 5.87. The Morgan fingerprint density at radius 1 is 1.10 bits per heavy atom. The average Bonchev–Trinajstić information content (AvgIpc) is 3.47. The standard InChI is InChI=1S/C23H28N2O3S/c1-15(2)16-7-9-18(10-8-16)24-29(27,28)19-11-12-21-20(13-19)23(3,4)14-25(21)22(26)17-5-6-17/h7-13,15,17,24H,5-6,14H2,1-4H3. The van der Waals surface area contributed by atoms with Gasteiger partial charge in [0.1, 0.15) is 0 Å². The van der Waals surface area contributed by atoms with Crippen LogP contribution in [-0.2, 0) is 20.2 Å². The van der Waals surface area contributed by atoms with E-state index in [9.17, 15) is 13.2 Å². The SMILES string of the molecule is CC(C)c1ccc(NS(=O)(=O)c2ccc3c(c2)C(C)(C)CN3C(=O)C2CC2)cc1. The summed E-state index contributed by atoms with van der Waals surface area (Å²) >= 11 is 0. The lowest BCUT2D eigenvalue weighted by Gasteiger charge is -2.20. The third kappa shape index (κ3) is 3.78. The number of anilines is 2. The van der Waals surface area contributed by atoms with Gasteiger partial charge in [-0.1, -0.05) is 39.8 Å². The van der Waals surface area contributed by atoms with Crippen molar-refractivity contribution in [3.63, 3.8) is 0 Å². The maximum atomic E-state index is 13.0. The van der Waals surface area contributed by atoms with Crippen LogP contribution in [0.2, 0.25) is 0 Å². The van der Waals surface area contributed by atoms with Crippen LogP contribution in [0.5, 0.6) is 0 Å². The van der Waals surface area contributed by atoms with E-state index in [1.807, 2.05) is 17.0 Å². The molecule has 1 aliphatic heterocycles. The van der Waals surface area contributed by atoms with Gasteiger partial charge in [-0.2, -0.15) is 0 Å². The zero-order chi connectivity index (χ0) is 21.0. The smallest absolute Gasteiger partial charge is 0.261 e. The molecule has 2 aliphatic rings. The lowest BCUT2D eigenvalue weighted by Crippen LogP contribution is -2.34. The van der Waals surface area contributed by atoms with Crippen molar-refractivity contribution in [2.75, 3.05) is 16.2 Å². The molecule has 4 rings (SSSR count). The van der Waals surface area contributed by atoms with Gasteiger partial charge < -0.3 is 4.90 Å². The highest BCUT2D eigenvalue weighted by Crippen LogP contribution is 2.44. The van der Waals surface area contributed by atoms with Crippen molar-refractivity contribution in [2.45, 2.75) is 56.8 Å². The first kappa shape index (κ1) is 20.0. The summed E-state index contributed by atoms with van der Waals surface area (Å²) < 4.78 is 28.6. The minimum atomic E-state index is -3.71. The zero-order valence-corrected chi connectivity index (χ0v) is 18.2. The zero-order valence-electron chi connectivity index (χ0n) is 17.4. The number of carbonyl (C=O) groups is 1. The van der Waals surface area contributed by atoms with Crippen LogP contribution in [0.1, 0.15) is 57.6 Å². The highest BCUT2D eigenvalue weighted by Gasteiger charge is 2.43. The van der Waals surface area contributed by atoms with Crippen LogP contribution in [-0.4, -0.2) is 20.9 Å². The maximum Gasteiger partial charge on any atom is 0.261 e. The Bertz CT molecular complexity index is 1050. The van der Waals surface area contributed by atoms with E-state index in [1.165, 1.54) is 0 Å². The van der Waals surface area contributed by atoms with Crippen LogP contribution in [0.15, 0.2) is 47.4 Å². The first-order valence-electron chi connectivity index (χ1n) is 10.2. The minimum Gasteiger partial charge on any atom is -0.311 e. The number of hydrogen-bond acceptors (Lipinski definition) is 3. The van der Waals surface area contributed by atoms with E-state index in [0.717, 1.165) is 29.7 Å². The monoisotopic (exact) mass is 412 g/mol. The molecule has 0 spiro atoms. The lowest BCUT2D eigenvalue weighted by molar-refractivity contribution is -0.119. The Kier molecular flexibility index (Phi) is 4.73. The molecule has 1 saturated carbocycles. The van der Waals surface area contributed by atoms with E-state index in [1.54, 1.807) is 30.3 Å². The molecule has 1 amide bonds. The van der Waals surface area contributed by atoms with Crippen molar-refractivity contribution in [3.05, 3.63) is 53.6 Å². The van der Waals surface area contributed by atoms with Crippen molar-refractivity contribution < 1.29 is 13.2 Å². The van der Waals surface area contributed by atoms with Gasteiger partial charge in [-0.25, -0.2) is 8.42 Å². The molecule has 0 radical (unpaired) electrons. The summed E-state index contributed by atoms with van der Waals surface area (Å²) in [5.74, 6) is 0.687. The summed E-state index contributed by atoms with van der Waals surface area (Å²) in [6, 6.07) is 12.6. The van der Waals surface area contributed by atoms with Crippen LogP contribution in [0.25, 0.3) is 0 Å². The number of nitrogens with zero attached hydrogens (tertiary/aromatic N) is 1. The largest absolute Gasteiger partial charge is 0.311 e. The van der Waals surface area contributed by atoms with Gasteiger partial charge in [0, 0.05) is 29.3 Å². The molecular weight excluding hydrogens is 384 g/mol. The second-order valence-corrected chi connectivity index (χ2v) is 10.8. The van der Waals surface area contributed by atoms with Crippen LogP contribution >= 0.6 is 0 Å². The van der Waals surface area contributed by atoms with E-state index < -0.39 is 10.0 Å². The van der Waals surface area contributed by atoms with Gasteiger partial charge in [-0.15, -0.1) is 0 Å². The number of rotatable bonds is 5. The van der Waals surface area contributed by atoms with E-state index in [-0.39, 0.29) is 22.1 Å². The van der Waals surface area contributed by atoms with Crippen LogP contribution in [0.4, 0.5) is 11.4 Å². The van der Waals surface area contributed by atoms with Crippen LogP contribution in [0, 0.1) is 5.92 Å². The lowest BCUT2D eigenvalue weighted by atomic mass is 9.87. The Labute approximate surface area is 173 Å². The van der Waals surface area contributed by atoms with E-state index >= 15 is 0 Å². The molecule has 6 heteroatoms. The predicted octanol–water partition coefficient (Wildman–Crippen LogP) is 4.65. The summed E-state index contributed by atoms with van der Waals surface area (Å²) in [7, 11) is -3.71. The highest BCUT2D eigenvalue weighted by atomic mass is 32.2. The number of benzene rings is 2. The van der Waals surface area contributed by atoms with E-state index in [0.29, 0.717) is 18.2 Å². The summed E-state index contributed by atoms with van der Waals surface area (Å²) in [6.07, 6.45) is 1.91. The number of nitrogens with one attached hydrogen (secondary N) is 1. The second-order valence-electron chi connectivity index (χ2n) is 9.14. The summed E-state index contributed by atoms with van der Waals surface area (Å²) in [5.41, 5.74) is 3.16. The molecule has 1 N–H and O–H groups in total. The van der Waals surface area contributed by atoms with Gasteiger partial charge in [0.05, 0.1) is 4.90 Å². The quantitative estimate of drug-likeness (QED) is 0.778. The molecule has 29 heavy (non-hydrogen) atoms. The molecule has 154 valence electrons. The third-order valence-corrected chi connectivity index (χ3v) is 7.25. The average molecular weight is 413 g/mol. The van der Waals surface area contributed by atoms with Gasteiger partial charge in [-0.05, 0) is 60.2 Å². The summed E-state index contributed by atoms with van der Waals surface area (Å²) in [5, 5.41) is 0. The number of sulfonamides is 1. The fourth-order valence-corrected chi connectivity index (χ4v) is 5.01. The van der Waals surface area contributed by atoms with Crippen molar-refractivity contribution in [1.29, 1.82) is 0 Å². The Hall–Kier alpha value is -2.34. The molecule has 0 saturated heterocycles. The Morgan fingerprint density at radius 2 is 1.76 bits per heavy atom. The number of hydrogen-bond donors (Lipinski definition) is 1. The van der Waals surface area contributed by atoms with Crippen LogP contribution in [0.3, 0.4) is 0 Å². The minimum absolute atomic E-state index is 0.135. The van der Waals surface area contributed by atoms with Gasteiger partial charge in [0.25, 0.3) is 10.0 Å². The van der Waals surface area contributed by atoms with Gasteiger partial charge >= 0.3 is 0 Å². The molecule has 1 fully saturated rings. The number of fused-ring (bicyclic) bond motifs is 1. The van der Waals surface area contributed by atoms with Crippen molar-refractivity contribution in [1.82, 2.24) is 0 Å². The van der Waals surface area contributed by atoms with Crippen molar-refractivity contribution in [3.8, 4) is 0 Å². The Balaban J connectivity index is 1.63. The van der Waals surface area contributed by atoms with Gasteiger partial charge in [-0.3, -0.25) is 9.52 Å². The molecule has 0 aromatic heterocycles. The predicted molar refractivity (Wildman–Crippen MR) is 116 cm³/mol. The normalized spacial score (nSPS) is 18.0. The molecule has 2 aromatic carbocycles. The van der Waals surface area contributed by atoms with Crippen molar-refractivity contribution in [2.24, 2.45) is 5.92 Å². The first-order valence-corrected chi connectivity index (χ1v) is 11.7. The number of amides is 1. The van der Waals surface area contributed by atoms with Gasteiger partial charge in [0.15, 0.2) is 0 Å². The molecule has 1 aliphatic carbocycles. The topological polar surface area (TPSA) is 66.5 Å². The van der Waals surface area contributed by atoms with Gasteiger partial charge in [0.2, 0.25) is 5.91 Å². The fraction of sp³-hybridized carbons (Fsp3) is 0.435. The molecule has 0 bridgehead atoms. The highest BCUT2D eigenvalue weighted by molar-refractivity contribution is 7.92. The van der Waals surface area contributed by atoms with Crippen LogP contribution < -0.4 is 9.62 Å². The maximum absolute atomic E-state index is 13.0. The fourth-order valence-electron chi connectivity index (χ4n) is 3.92. The molecule has 1 heterocycles. The molecule has 0 unspecified atom stereocenters. The Morgan fingerprint density at radius 3 is 2.34 bits per heavy atom. The molecule has 0 atom stereocenters.